The fraction of sp³-hybridized carbons (Fsp3) is 0.414. The van der Waals surface area contributed by atoms with Crippen LogP contribution in [0.3, 0.4) is 0 Å². The van der Waals surface area contributed by atoms with Crippen LogP contribution in [-0.2, 0) is 11.4 Å². The Bertz CT molecular complexity index is 1290. The average molecular weight is 489 g/mol. The van der Waals surface area contributed by atoms with E-state index in [0.717, 1.165) is 71.8 Å². The second-order valence-corrected chi connectivity index (χ2v) is 10.2. The van der Waals surface area contributed by atoms with E-state index in [1.165, 1.54) is 12.1 Å². The SMILES string of the molecule is CC(C)C1=CCC(C)C(C2CCN(c3ncnc4c(-c5ccc(CO)cc5)cc(F)cc34)CC2)=NO1. The van der Waals surface area contributed by atoms with Crippen molar-refractivity contribution in [1.82, 2.24) is 9.97 Å². The maximum absolute atomic E-state index is 14.8. The highest BCUT2D eigenvalue weighted by Gasteiger charge is 2.30. The van der Waals surface area contributed by atoms with Gasteiger partial charge in [-0.2, -0.15) is 0 Å². The molecule has 0 spiro atoms. The second kappa shape index (κ2) is 10.3. The van der Waals surface area contributed by atoms with E-state index < -0.39 is 0 Å². The van der Waals surface area contributed by atoms with E-state index in [-0.39, 0.29) is 12.4 Å². The lowest BCUT2D eigenvalue weighted by molar-refractivity contribution is 0.195. The molecule has 0 aliphatic carbocycles. The van der Waals surface area contributed by atoms with Gasteiger partial charge in [0.2, 0.25) is 0 Å². The van der Waals surface area contributed by atoms with Gasteiger partial charge in [-0.3, -0.25) is 0 Å². The van der Waals surface area contributed by atoms with Crippen molar-refractivity contribution in [3.05, 3.63) is 65.9 Å². The van der Waals surface area contributed by atoms with Gasteiger partial charge in [0.15, 0.2) is 0 Å². The third kappa shape index (κ3) is 4.85. The minimum absolute atomic E-state index is 0.0286. The number of oxime groups is 1. The molecule has 5 rings (SSSR count). The maximum Gasteiger partial charge on any atom is 0.140 e. The minimum Gasteiger partial charge on any atom is -0.392 e. The van der Waals surface area contributed by atoms with Crippen LogP contribution in [0.4, 0.5) is 10.2 Å². The molecule has 1 fully saturated rings. The van der Waals surface area contributed by atoms with Gasteiger partial charge in [-0.1, -0.05) is 50.2 Å². The summed E-state index contributed by atoms with van der Waals surface area (Å²) in [6, 6.07) is 10.5. The van der Waals surface area contributed by atoms with Gasteiger partial charge in [0, 0.05) is 41.8 Å². The van der Waals surface area contributed by atoms with E-state index in [9.17, 15) is 9.50 Å². The van der Waals surface area contributed by atoms with Gasteiger partial charge >= 0.3 is 0 Å². The summed E-state index contributed by atoms with van der Waals surface area (Å²) in [7, 11) is 0. The first-order valence-corrected chi connectivity index (χ1v) is 12.8. The fourth-order valence-electron chi connectivity index (χ4n) is 5.23. The summed E-state index contributed by atoms with van der Waals surface area (Å²) in [5.41, 5.74) is 4.26. The van der Waals surface area contributed by atoms with Crippen LogP contribution in [-0.4, -0.2) is 33.9 Å². The summed E-state index contributed by atoms with van der Waals surface area (Å²) in [4.78, 5) is 17.2. The largest absolute Gasteiger partial charge is 0.392 e. The Labute approximate surface area is 211 Å². The van der Waals surface area contributed by atoms with Crippen molar-refractivity contribution < 1.29 is 14.3 Å². The summed E-state index contributed by atoms with van der Waals surface area (Å²) in [5, 5.41) is 14.7. The Hall–Kier alpha value is -3.32. The third-order valence-electron chi connectivity index (χ3n) is 7.35. The quantitative estimate of drug-likeness (QED) is 0.470. The summed E-state index contributed by atoms with van der Waals surface area (Å²) in [6.07, 6.45) is 6.58. The van der Waals surface area contributed by atoms with Gasteiger partial charge in [-0.15, -0.1) is 0 Å². The number of fused-ring (bicyclic) bond motifs is 1. The molecule has 1 N–H and O–H groups in total. The lowest BCUT2D eigenvalue weighted by atomic mass is 9.84. The number of aliphatic hydroxyl groups is 1. The molecule has 3 heterocycles. The van der Waals surface area contributed by atoms with Gasteiger partial charge in [0.1, 0.15) is 23.7 Å². The second-order valence-electron chi connectivity index (χ2n) is 10.2. The number of hydrogen-bond donors (Lipinski definition) is 1. The van der Waals surface area contributed by atoms with E-state index in [1.807, 2.05) is 24.3 Å². The summed E-state index contributed by atoms with van der Waals surface area (Å²) < 4.78 is 14.8. The van der Waals surface area contributed by atoms with Crippen LogP contribution in [0.25, 0.3) is 22.0 Å². The molecule has 1 atom stereocenters. The number of nitrogens with zero attached hydrogens (tertiary/aromatic N) is 4. The first kappa shape index (κ1) is 24.4. The van der Waals surface area contributed by atoms with E-state index in [4.69, 9.17) is 4.84 Å². The molecule has 2 aliphatic heterocycles. The number of aliphatic hydroxyl groups excluding tert-OH is 1. The number of halogens is 1. The number of benzene rings is 2. The van der Waals surface area contributed by atoms with Crippen molar-refractivity contribution in [2.24, 2.45) is 22.9 Å². The Balaban J connectivity index is 1.39. The number of rotatable bonds is 5. The minimum atomic E-state index is -0.318. The zero-order chi connectivity index (χ0) is 25.2. The first-order valence-electron chi connectivity index (χ1n) is 12.8. The highest BCUT2D eigenvalue weighted by molar-refractivity contribution is 5.99. The fourth-order valence-corrected chi connectivity index (χ4v) is 5.23. The highest BCUT2D eigenvalue weighted by Crippen LogP contribution is 2.35. The van der Waals surface area contributed by atoms with Gasteiger partial charge in [-0.25, -0.2) is 14.4 Å². The zero-order valence-corrected chi connectivity index (χ0v) is 21.1. The van der Waals surface area contributed by atoms with Crippen LogP contribution < -0.4 is 4.90 Å². The predicted octanol–water partition coefficient (Wildman–Crippen LogP) is 6.10. The van der Waals surface area contributed by atoms with E-state index >= 15 is 0 Å². The lowest BCUT2D eigenvalue weighted by Crippen LogP contribution is -2.38. The molecule has 0 saturated carbocycles. The van der Waals surface area contributed by atoms with Crippen molar-refractivity contribution >= 4 is 22.4 Å². The standard InChI is InChI=1S/C29H33FN4O2/c1-18(2)26-9-4-19(3)27(33-36-26)22-10-12-34(13-11-22)29-25-15-23(30)14-24(28(25)31-17-32-29)21-7-5-20(16-35)6-8-21/h5-9,14-15,17-19,22,35H,4,10-13,16H2,1-3H3. The topological polar surface area (TPSA) is 70.8 Å². The molecule has 1 unspecified atom stereocenters. The van der Waals surface area contributed by atoms with Gasteiger partial charge in [0.05, 0.1) is 17.8 Å². The van der Waals surface area contributed by atoms with Crippen molar-refractivity contribution in [3.63, 3.8) is 0 Å². The van der Waals surface area contributed by atoms with E-state index in [1.54, 1.807) is 6.33 Å². The molecule has 0 radical (unpaired) electrons. The number of hydrogen-bond acceptors (Lipinski definition) is 6. The van der Waals surface area contributed by atoms with Crippen LogP contribution >= 0.6 is 0 Å². The van der Waals surface area contributed by atoms with Crippen LogP contribution in [0.1, 0.15) is 45.6 Å². The number of anilines is 1. The molecular weight excluding hydrogens is 455 g/mol. The molecule has 188 valence electrons. The zero-order valence-electron chi connectivity index (χ0n) is 21.1. The molecule has 0 bridgehead atoms. The third-order valence-corrected chi connectivity index (χ3v) is 7.35. The molecule has 1 aromatic heterocycles. The Kier molecular flexibility index (Phi) is 7.01. The van der Waals surface area contributed by atoms with E-state index in [2.05, 4.69) is 46.9 Å². The number of aromatic nitrogens is 2. The Morgan fingerprint density at radius 3 is 2.56 bits per heavy atom. The molecule has 7 heteroatoms. The van der Waals surface area contributed by atoms with Gasteiger partial charge in [0.25, 0.3) is 0 Å². The van der Waals surface area contributed by atoms with Crippen LogP contribution in [0.5, 0.6) is 0 Å². The molecule has 6 nitrogen and oxygen atoms in total. The Morgan fingerprint density at radius 1 is 1.11 bits per heavy atom. The molecule has 2 aromatic carbocycles. The maximum atomic E-state index is 14.8. The summed E-state index contributed by atoms with van der Waals surface area (Å²) in [6.45, 7) is 8.07. The smallest absolute Gasteiger partial charge is 0.140 e. The van der Waals surface area contributed by atoms with Crippen molar-refractivity contribution in [1.29, 1.82) is 0 Å². The normalized spacial score (nSPS) is 19.2. The lowest BCUT2D eigenvalue weighted by Gasteiger charge is -2.34. The van der Waals surface area contributed by atoms with Gasteiger partial charge < -0.3 is 14.8 Å². The van der Waals surface area contributed by atoms with Crippen molar-refractivity contribution in [3.8, 4) is 11.1 Å². The predicted molar refractivity (Wildman–Crippen MR) is 141 cm³/mol. The molecular formula is C29H33FN4O2. The first-order chi connectivity index (χ1) is 17.4. The Morgan fingerprint density at radius 2 is 1.86 bits per heavy atom. The van der Waals surface area contributed by atoms with Crippen molar-refractivity contribution in [2.75, 3.05) is 18.0 Å². The summed E-state index contributed by atoms with van der Waals surface area (Å²) >= 11 is 0. The average Bonchev–Trinajstić information content (AvgIpc) is 3.10. The van der Waals surface area contributed by atoms with Crippen LogP contribution in [0, 0.1) is 23.6 Å². The molecule has 2 aliphatic rings. The van der Waals surface area contributed by atoms with Crippen LogP contribution in [0.2, 0.25) is 0 Å². The van der Waals surface area contributed by atoms with Gasteiger partial charge in [-0.05, 0) is 48.6 Å². The molecule has 36 heavy (non-hydrogen) atoms. The van der Waals surface area contributed by atoms with Crippen molar-refractivity contribution in [2.45, 2.75) is 46.6 Å². The number of allylic oxidation sites excluding steroid dienone is 2. The summed E-state index contributed by atoms with van der Waals surface area (Å²) in [5.74, 6) is 2.44. The molecule has 3 aromatic rings. The molecule has 0 amide bonds. The number of piperidine rings is 1. The monoisotopic (exact) mass is 488 g/mol. The van der Waals surface area contributed by atoms with E-state index in [0.29, 0.717) is 23.1 Å². The van der Waals surface area contributed by atoms with Crippen LogP contribution in [0.15, 0.2) is 59.7 Å². The molecule has 1 saturated heterocycles. The highest BCUT2D eigenvalue weighted by atomic mass is 19.1.